The molecule has 4 heteroatoms. The molecular weight excluding hydrogens is 226 g/mol. The number of rotatable bonds is 6. The average Bonchev–Trinajstić information content (AvgIpc) is 2.44. The molecule has 0 aliphatic heterocycles. The van der Waals surface area contributed by atoms with E-state index in [1.807, 2.05) is 43.9 Å². The zero-order valence-electron chi connectivity index (χ0n) is 11.5. The van der Waals surface area contributed by atoms with E-state index in [4.69, 9.17) is 5.73 Å². The Labute approximate surface area is 109 Å². The standard InChI is InChI=1S/C14H23N3O/c1-4-14(3,11-15)13(18)17(5-2)10-12-8-6-7-9-16-12/h6-9H,4-5,10-11,15H2,1-3H3. The maximum Gasteiger partial charge on any atom is 0.230 e. The van der Waals surface area contributed by atoms with Crippen LogP contribution in [0.2, 0.25) is 0 Å². The van der Waals surface area contributed by atoms with Gasteiger partial charge in [-0.3, -0.25) is 9.78 Å². The number of pyridine rings is 1. The molecule has 100 valence electrons. The lowest BCUT2D eigenvalue weighted by atomic mass is 9.86. The van der Waals surface area contributed by atoms with Gasteiger partial charge in [0.1, 0.15) is 0 Å². The highest BCUT2D eigenvalue weighted by Gasteiger charge is 2.33. The van der Waals surface area contributed by atoms with Crippen molar-refractivity contribution in [2.24, 2.45) is 11.1 Å². The van der Waals surface area contributed by atoms with E-state index in [2.05, 4.69) is 4.98 Å². The molecule has 0 saturated carbocycles. The summed E-state index contributed by atoms with van der Waals surface area (Å²) in [6, 6.07) is 5.74. The largest absolute Gasteiger partial charge is 0.337 e. The van der Waals surface area contributed by atoms with Gasteiger partial charge in [0, 0.05) is 19.3 Å². The number of nitrogens with two attached hydrogens (primary N) is 1. The Bertz CT molecular complexity index is 374. The highest BCUT2D eigenvalue weighted by atomic mass is 16.2. The zero-order valence-corrected chi connectivity index (χ0v) is 11.5. The van der Waals surface area contributed by atoms with Crippen LogP contribution in [0.4, 0.5) is 0 Å². The minimum Gasteiger partial charge on any atom is -0.337 e. The van der Waals surface area contributed by atoms with Crippen LogP contribution in [0.3, 0.4) is 0 Å². The highest BCUT2D eigenvalue weighted by Crippen LogP contribution is 2.23. The van der Waals surface area contributed by atoms with Crippen LogP contribution in [0.15, 0.2) is 24.4 Å². The monoisotopic (exact) mass is 249 g/mol. The molecule has 1 amide bonds. The van der Waals surface area contributed by atoms with E-state index in [0.717, 1.165) is 12.1 Å². The van der Waals surface area contributed by atoms with Crippen LogP contribution in [0.1, 0.15) is 32.9 Å². The number of carbonyl (C=O) groups excluding carboxylic acids is 1. The third-order valence-corrected chi connectivity index (χ3v) is 3.50. The Kier molecular flexibility index (Phi) is 5.28. The van der Waals surface area contributed by atoms with Crippen molar-refractivity contribution in [3.63, 3.8) is 0 Å². The molecule has 1 unspecified atom stereocenters. The second kappa shape index (κ2) is 6.50. The van der Waals surface area contributed by atoms with Gasteiger partial charge in [-0.15, -0.1) is 0 Å². The normalized spacial score (nSPS) is 14.0. The van der Waals surface area contributed by atoms with E-state index in [9.17, 15) is 4.79 Å². The summed E-state index contributed by atoms with van der Waals surface area (Å²) in [4.78, 5) is 18.6. The Balaban J connectivity index is 2.81. The van der Waals surface area contributed by atoms with E-state index in [1.165, 1.54) is 0 Å². The molecule has 0 saturated heterocycles. The molecule has 0 spiro atoms. The predicted octanol–water partition coefficient (Wildman–Crippen LogP) is 1.81. The van der Waals surface area contributed by atoms with Crippen molar-refractivity contribution >= 4 is 5.91 Å². The summed E-state index contributed by atoms with van der Waals surface area (Å²) in [5.41, 5.74) is 6.18. The highest BCUT2D eigenvalue weighted by molar-refractivity contribution is 5.82. The summed E-state index contributed by atoms with van der Waals surface area (Å²) in [5.74, 6) is 0.112. The van der Waals surface area contributed by atoms with Gasteiger partial charge >= 0.3 is 0 Å². The van der Waals surface area contributed by atoms with Gasteiger partial charge < -0.3 is 10.6 Å². The minimum atomic E-state index is -0.467. The summed E-state index contributed by atoms with van der Waals surface area (Å²) in [6.07, 6.45) is 2.50. The second-order valence-electron chi connectivity index (χ2n) is 4.76. The third kappa shape index (κ3) is 3.29. The van der Waals surface area contributed by atoms with Crippen LogP contribution >= 0.6 is 0 Å². The fourth-order valence-corrected chi connectivity index (χ4v) is 1.78. The lowest BCUT2D eigenvalue weighted by molar-refractivity contribution is -0.141. The lowest BCUT2D eigenvalue weighted by Crippen LogP contribution is -2.45. The van der Waals surface area contributed by atoms with Crippen LogP contribution in [-0.4, -0.2) is 28.9 Å². The molecule has 18 heavy (non-hydrogen) atoms. The van der Waals surface area contributed by atoms with Crippen molar-refractivity contribution < 1.29 is 4.79 Å². The summed E-state index contributed by atoms with van der Waals surface area (Å²) < 4.78 is 0. The van der Waals surface area contributed by atoms with Gasteiger partial charge in [-0.1, -0.05) is 13.0 Å². The summed E-state index contributed by atoms with van der Waals surface area (Å²) in [7, 11) is 0. The van der Waals surface area contributed by atoms with Crippen molar-refractivity contribution in [1.82, 2.24) is 9.88 Å². The first-order valence-corrected chi connectivity index (χ1v) is 6.46. The number of hydrogen-bond donors (Lipinski definition) is 1. The molecule has 0 aromatic carbocycles. The molecule has 2 N–H and O–H groups in total. The first-order chi connectivity index (χ1) is 8.57. The van der Waals surface area contributed by atoms with Crippen molar-refractivity contribution in [1.29, 1.82) is 0 Å². The molecular formula is C14H23N3O. The molecule has 0 fully saturated rings. The fraction of sp³-hybridized carbons (Fsp3) is 0.571. The van der Waals surface area contributed by atoms with Crippen molar-refractivity contribution in [3.05, 3.63) is 30.1 Å². The lowest BCUT2D eigenvalue weighted by Gasteiger charge is -2.32. The van der Waals surface area contributed by atoms with Gasteiger partial charge in [0.2, 0.25) is 5.91 Å². The van der Waals surface area contributed by atoms with Gasteiger partial charge in [-0.05, 0) is 32.4 Å². The summed E-state index contributed by atoms with van der Waals surface area (Å²) in [6.45, 7) is 7.50. The van der Waals surface area contributed by atoms with Crippen LogP contribution in [-0.2, 0) is 11.3 Å². The van der Waals surface area contributed by atoms with Gasteiger partial charge in [0.15, 0.2) is 0 Å². The Hall–Kier alpha value is -1.42. The van der Waals surface area contributed by atoms with Gasteiger partial charge in [0.05, 0.1) is 17.7 Å². The van der Waals surface area contributed by atoms with Crippen molar-refractivity contribution in [2.45, 2.75) is 33.7 Å². The van der Waals surface area contributed by atoms with Crippen LogP contribution in [0, 0.1) is 5.41 Å². The number of aromatic nitrogens is 1. The van der Waals surface area contributed by atoms with E-state index in [-0.39, 0.29) is 5.91 Å². The maximum atomic E-state index is 12.5. The maximum absolute atomic E-state index is 12.5. The van der Waals surface area contributed by atoms with Gasteiger partial charge in [0.25, 0.3) is 0 Å². The zero-order chi connectivity index (χ0) is 13.6. The molecule has 0 radical (unpaired) electrons. The molecule has 4 nitrogen and oxygen atoms in total. The summed E-state index contributed by atoms with van der Waals surface area (Å²) >= 11 is 0. The number of hydrogen-bond acceptors (Lipinski definition) is 3. The Morgan fingerprint density at radius 3 is 2.61 bits per heavy atom. The minimum absolute atomic E-state index is 0.112. The molecule has 0 bridgehead atoms. The summed E-state index contributed by atoms with van der Waals surface area (Å²) in [5, 5.41) is 0. The molecule has 1 rings (SSSR count). The third-order valence-electron chi connectivity index (χ3n) is 3.50. The van der Waals surface area contributed by atoms with E-state index < -0.39 is 5.41 Å². The first-order valence-electron chi connectivity index (χ1n) is 6.46. The number of carbonyl (C=O) groups is 1. The van der Waals surface area contributed by atoms with Crippen LogP contribution < -0.4 is 5.73 Å². The molecule has 1 atom stereocenters. The van der Waals surface area contributed by atoms with E-state index in [1.54, 1.807) is 6.20 Å². The Morgan fingerprint density at radius 2 is 2.17 bits per heavy atom. The average molecular weight is 249 g/mol. The fourth-order valence-electron chi connectivity index (χ4n) is 1.78. The van der Waals surface area contributed by atoms with Gasteiger partial charge in [-0.25, -0.2) is 0 Å². The molecule has 1 heterocycles. The second-order valence-corrected chi connectivity index (χ2v) is 4.76. The van der Waals surface area contributed by atoms with Gasteiger partial charge in [-0.2, -0.15) is 0 Å². The quantitative estimate of drug-likeness (QED) is 0.836. The van der Waals surface area contributed by atoms with Crippen molar-refractivity contribution in [3.8, 4) is 0 Å². The number of nitrogens with zero attached hydrogens (tertiary/aromatic N) is 2. The van der Waals surface area contributed by atoms with Crippen molar-refractivity contribution in [2.75, 3.05) is 13.1 Å². The molecule has 1 aromatic rings. The first kappa shape index (κ1) is 14.6. The Morgan fingerprint density at radius 1 is 1.44 bits per heavy atom. The smallest absolute Gasteiger partial charge is 0.230 e. The topological polar surface area (TPSA) is 59.2 Å². The van der Waals surface area contributed by atoms with E-state index in [0.29, 0.717) is 19.6 Å². The van der Waals surface area contributed by atoms with Crippen LogP contribution in [0.25, 0.3) is 0 Å². The SMILES string of the molecule is CCN(Cc1ccccn1)C(=O)C(C)(CC)CN. The molecule has 1 aromatic heterocycles. The predicted molar refractivity (Wildman–Crippen MR) is 72.8 cm³/mol. The number of amides is 1. The molecule has 0 aliphatic rings. The molecule has 0 aliphatic carbocycles. The van der Waals surface area contributed by atoms with E-state index >= 15 is 0 Å². The van der Waals surface area contributed by atoms with Crippen LogP contribution in [0.5, 0.6) is 0 Å².